The number of benzene rings is 1. The highest BCUT2D eigenvalue weighted by Crippen LogP contribution is 2.28. The highest BCUT2D eigenvalue weighted by molar-refractivity contribution is 7.89. The molecule has 3 rings (SSSR count). The molecule has 1 saturated heterocycles. The number of aryl methyl sites for hydroxylation is 1. The van der Waals surface area contributed by atoms with Gasteiger partial charge in [0.15, 0.2) is 0 Å². The number of H-pyrrole nitrogens is 1. The molecule has 2 aromatic rings. The molecular weight excluding hydrogens is 350 g/mol. The molecule has 1 aliphatic rings. The molecule has 0 aliphatic carbocycles. The number of rotatable bonds is 4. The van der Waals surface area contributed by atoms with Crippen LogP contribution in [-0.2, 0) is 21.2 Å². The lowest BCUT2D eigenvalue weighted by atomic mass is 9.90. The molecule has 142 valence electrons. The van der Waals surface area contributed by atoms with Crippen molar-refractivity contribution in [3.63, 3.8) is 0 Å². The van der Waals surface area contributed by atoms with Crippen LogP contribution in [0.15, 0.2) is 29.2 Å². The van der Waals surface area contributed by atoms with Crippen molar-refractivity contribution in [1.82, 2.24) is 14.5 Å². The number of nitrogens with one attached hydrogen (secondary N) is 1. The first-order valence-electron chi connectivity index (χ1n) is 8.90. The molecule has 0 bridgehead atoms. The molecule has 0 amide bonds. The maximum Gasteiger partial charge on any atom is 0.243 e. The van der Waals surface area contributed by atoms with Gasteiger partial charge in [-0.2, -0.15) is 9.40 Å². The SMILES string of the molecule is Cc1ccc(-c2cc(CC(C)(C)C)[nH]n2)cc1S(=O)(=O)N1CCOCC1. The summed E-state index contributed by atoms with van der Waals surface area (Å²) in [4.78, 5) is 0.345. The molecule has 1 aliphatic heterocycles. The predicted octanol–water partition coefficient (Wildman–Crippen LogP) is 2.99. The zero-order valence-electron chi connectivity index (χ0n) is 15.9. The second-order valence-corrected chi connectivity index (χ2v) is 9.92. The van der Waals surface area contributed by atoms with Gasteiger partial charge in [0.1, 0.15) is 0 Å². The van der Waals surface area contributed by atoms with Gasteiger partial charge in [-0.3, -0.25) is 5.10 Å². The van der Waals surface area contributed by atoms with Crippen molar-refractivity contribution in [1.29, 1.82) is 0 Å². The Hall–Kier alpha value is -1.70. The van der Waals surface area contributed by atoms with Gasteiger partial charge in [-0.1, -0.05) is 32.9 Å². The molecule has 1 aromatic carbocycles. The van der Waals surface area contributed by atoms with E-state index in [-0.39, 0.29) is 5.41 Å². The van der Waals surface area contributed by atoms with Gasteiger partial charge in [-0.15, -0.1) is 0 Å². The van der Waals surface area contributed by atoms with E-state index in [0.717, 1.165) is 28.9 Å². The van der Waals surface area contributed by atoms with Gasteiger partial charge in [-0.05, 0) is 36.5 Å². The molecule has 0 radical (unpaired) electrons. The van der Waals surface area contributed by atoms with E-state index in [1.165, 1.54) is 4.31 Å². The third kappa shape index (κ3) is 4.16. The van der Waals surface area contributed by atoms with E-state index in [1.54, 1.807) is 6.07 Å². The van der Waals surface area contributed by atoms with Crippen molar-refractivity contribution in [2.75, 3.05) is 26.3 Å². The summed E-state index contributed by atoms with van der Waals surface area (Å²) >= 11 is 0. The minimum Gasteiger partial charge on any atom is -0.379 e. The van der Waals surface area contributed by atoms with E-state index in [0.29, 0.717) is 31.2 Å². The Bertz CT molecular complexity index is 876. The van der Waals surface area contributed by atoms with Gasteiger partial charge < -0.3 is 4.74 Å². The third-order valence-electron chi connectivity index (χ3n) is 4.42. The van der Waals surface area contributed by atoms with Crippen molar-refractivity contribution in [2.45, 2.75) is 39.0 Å². The summed E-state index contributed by atoms with van der Waals surface area (Å²) in [5.74, 6) is 0. The highest BCUT2D eigenvalue weighted by atomic mass is 32.2. The quantitative estimate of drug-likeness (QED) is 0.889. The Morgan fingerprint density at radius 1 is 1.19 bits per heavy atom. The third-order valence-corrected chi connectivity index (χ3v) is 6.46. The van der Waals surface area contributed by atoms with E-state index in [2.05, 4.69) is 31.0 Å². The van der Waals surface area contributed by atoms with Crippen LogP contribution in [0.5, 0.6) is 0 Å². The Balaban J connectivity index is 1.93. The molecule has 0 saturated carbocycles. The fourth-order valence-electron chi connectivity index (χ4n) is 3.13. The molecule has 6 nitrogen and oxygen atoms in total. The summed E-state index contributed by atoms with van der Waals surface area (Å²) in [6, 6.07) is 7.50. The van der Waals surface area contributed by atoms with Crippen molar-refractivity contribution < 1.29 is 13.2 Å². The van der Waals surface area contributed by atoms with Crippen LogP contribution in [-0.4, -0.2) is 49.2 Å². The van der Waals surface area contributed by atoms with Gasteiger partial charge >= 0.3 is 0 Å². The minimum atomic E-state index is -3.53. The lowest BCUT2D eigenvalue weighted by Crippen LogP contribution is -2.40. The summed E-state index contributed by atoms with van der Waals surface area (Å²) < 4.78 is 32.8. The first-order valence-corrected chi connectivity index (χ1v) is 10.3. The van der Waals surface area contributed by atoms with E-state index in [1.807, 2.05) is 25.1 Å². The van der Waals surface area contributed by atoms with Crippen LogP contribution >= 0.6 is 0 Å². The molecule has 26 heavy (non-hydrogen) atoms. The Labute approximate surface area is 155 Å². The minimum absolute atomic E-state index is 0.155. The number of hydrogen-bond donors (Lipinski definition) is 1. The lowest BCUT2D eigenvalue weighted by Gasteiger charge is -2.26. The normalized spacial score (nSPS) is 16.8. The summed E-state index contributed by atoms with van der Waals surface area (Å²) in [5.41, 5.74) is 3.51. The second kappa shape index (κ2) is 7.13. The van der Waals surface area contributed by atoms with Crippen LogP contribution in [0.4, 0.5) is 0 Å². The molecule has 7 heteroatoms. The molecule has 1 fully saturated rings. The van der Waals surface area contributed by atoms with Crippen LogP contribution in [0.1, 0.15) is 32.0 Å². The van der Waals surface area contributed by atoms with E-state index < -0.39 is 10.0 Å². The van der Waals surface area contributed by atoms with Gasteiger partial charge in [0.2, 0.25) is 10.0 Å². The predicted molar refractivity (Wildman–Crippen MR) is 101 cm³/mol. The number of morpholine rings is 1. The zero-order valence-corrected chi connectivity index (χ0v) is 16.7. The highest BCUT2D eigenvalue weighted by Gasteiger charge is 2.28. The van der Waals surface area contributed by atoms with Gasteiger partial charge in [-0.25, -0.2) is 8.42 Å². The van der Waals surface area contributed by atoms with Gasteiger partial charge in [0.05, 0.1) is 23.8 Å². The van der Waals surface area contributed by atoms with Crippen LogP contribution in [0, 0.1) is 12.3 Å². The number of aromatic nitrogens is 2. The summed E-state index contributed by atoms with van der Waals surface area (Å²) in [6.07, 6.45) is 0.880. The first-order chi connectivity index (χ1) is 12.2. The largest absolute Gasteiger partial charge is 0.379 e. The first kappa shape index (κ1) is 19.1. The number of hydrogen-bond acceptors (Lipinski definition) is 4. The smallest absolute Gasteiger partial charge is 0.243 e. The Morgan fingerprint density at radius 3 is 2.54 bits per heavy atom. The standard InChI is InChI=1S/C19H27N3O3S/c1-14-5-6-15(17-12-16(20-21-17)13-19(2,3)4)11-18(14)26(23,24)22-7-9-25-10-8-22/h5-6,11-12H,7-10,13H2,1-4H3,(H,20,21). The van der Waals surface area contributed by atoms with Crippen LogP contribution in [0.2, 0.25) is 0 Å². The summed E-state index contributed by atoms with van der Waals surface area (Å²) in [5, 5.41) is 7.45. The van der Waals surface area contributed by atoms with Crippen LogP contribution in [0.25, 0.3) is 11.3 Å². The van der Waals surface area contributed by atoms with E-state index in [9.17, 15) is 8.42 Å². The van der Waals surface area contributed by atoms with Crippen LogP contribution < -0.4 is 0 Å². The maximum atomic E-state index is 13.0. The fraction of sp³-hybridized carbons (Fsp3) is 0.526. The second-order valence-electron chi connectivity index (χ2n) is 8.01. The molecule has 1 N–H and O–H groups in total. The van der Waals surface area contributed by atoms with Crippen molar-refractivity contribution in [3.05, 3.63) is 35.5 Å². The molecule has 2 heterocycles. The molecule has 0 unspecified atom stereocenters. The van der Waals surface area contributed by atoms with E-state index >= 15 is 0 Å². The number of aromatic amines is 1. The molecular formula is C19H27N3O3S. The molecule has 0 spiro atoms. The van der Waals surface area contributed by atoms with E-state index in [4.69, 9.17) is 4.74 Å². The van der Waals surface area contributed by atoms with Crippen LogP contribution in [0.3, 0.4) is 0 Å². The summed E-state index contributed by atoms with van der Waals surface area (Å²) in [7, 11) is -3.53. The van der Waals surface area contributed by atoms with Crippen molar-refractivity contribution >= 4 is 10.0 Å². The number of sulfonamides is 1. The Morgan fingerprint density at radius 2 is 1.88 bits per heavy atom. The zero-order chi connectivity index (χ0) is 18.9. The monoisotopic (exact) mass is 377 g/mol. The average Bonchev–Trinajstić information content (AvgIpc) is 3.02. The maximum absolute atomic E-state index is 13.0. The number of nitrogens with zero attached hydrogens (tertiary/aromatic N) is 2. The average molecular weight is 378 g/mol. The Kier molecular flexibility index (Phi) is 5.23. The fourth-order valence-corrected chi connectivity index (χ4v) is 4.79. The van der Waals surface area contributed by atoms with Gasteiger partial charge in [0.25, 0.3) is 0 Å². The molecule has 0 atom stereocenters. The molecule has 1 aromatic heterocycles. The lowest BCUT2D eigenvalue weighted by molar-refractivity contribution is 0.0730. The number of ether oxygens (including phenoxy) is 1. The van der Waals surface area contributed by atoms with Crippen molar-refractivity contribution in [3.8, 4) is 11.3 Å². The van der Waals surface area contributed by atoms with Crippen molar-refractivity contribution in [2.24, 2.45) is 5.41 Å². The van der Waals surface area contributed by atoms with Gasteiger partial charge in [0, 0.05) is 24.3 Å². The topological polar surface area (TPSA) is 75.3 Å². The summed E-state index contributed by atoms with van der Waals surface area (Å²) in [6.45, 7) is 10.0.